The van der Waals surface area contributed by atoms with E-state index in [0.29, 0.717) is 12.8 Å². The first-order valence-electron chi connectivity index (χ1n) is 11.8. The van der Waals surface area contributed by atoms with Gasteiger partial charge in [-0.1, -0.05) is 80.9 Å². The predicted molar refractivity (Wildman–Crippen MR) is 136 cm³/mol. The number of hydrogen-bond acceptors (Lipinski definition) is 4. The van der Waals surface area contributed by atoms with Crippen LogP contribution in [-0.2, 0) is 27.2 Å². The van der Waals surface area contributed by atoms with Gasteiger partial charge in [-0.15, -0.1) is 0 Å². The first-order chi connectivity index (χ1) is 16.3. The van der Waals surface area contributed by atoms with Crippen LogP contribution >= 0.6 is 0 Å². The zero-order chi connectivity index (χ0) is 25.1. The summed E-state index contributed by atoms with van der Waals surface area (Å²) in [7, 11) is 5.07. The SMILES string of the molecule is CC[C@H](C)[C@@H](C=O)N(C)C(=O)[C@H](Cc1ccccc1)N(C)C(=O)/C=C(/Cc1ccccc1)NC. The number of benzene rings is 2. The summed E-state index contributed by atoms with van der Waals surface area (Å²) in [5.74, 6) is -0.500. The standard InChI is InChI=1S/C28H37N3O3/c1-6-21(2)26(20-32)31(5)28(34)25(18-23-15-11-8-12-16-23)30(4)27(33)19-24(29-3)17-22-13-9-7-10-14-22/h7-16,19-21,25-26,29H,6,17-18H2,1-5H3/b24-19-/t21-,25-,26+/m0/s1. The Labute approximate surface area is 203 Å². The van der Waals surface area contributed by atoms with Gasteiger partial charge in [0.25, 0.3) is 0 Å². The zero-order valence-corrected chi connectivity index (χ0v) is 20.9. The number of aldehydes is 1. The van der Waals surface area contributed by atoms with Gasteiger partial charge in [0, 0.05) is 45.8 Å². The molecule has 0 saturated heterocycles. The molecule has 0 unspecified atom stereocenters. The van der Waals surface area contributed by atoms with Crippen LogP contribution in [0.5, 0.6) is 0 Å². The van der Waals surface area contributed by atoms with Gasteiger partial charge >= 0.3 is 0 Å². The van der Waals surface area contributed by atoms with Crippen molar-refractivity contribution in [1.82, 2.24) is 15.1 Å². The lowest BCUT2D eigenvalue weighted by Crippen LogP contribution is -2.53. The van der Waals surface area contributed by atoms with E-state index >= 15 is 0 Å². The summed E-state index contributed by atoms with van der Waals surface area (Å²) in [6, 6.07) is 18.2. The van der Waals surface area contributed by atoms with Crippen LogP contribution in [0.4, 0.5) is 0 Å². The Bertz CT molecular complexity index is 959. The van der Waals surface area contributed by atoms with Crippen molar-refractivity contribution in [3.8, 4) is 0 Å². The fourth-order valence-electron chi connectivity index (χ4n) is 3.89. The van der Waals surface area contributed by atoms with Gasteiger partial charge in [0.05, 0.1) is 6.04 Å². The minimum Gasteiger partial charge on any atom is -0.391 e. The lowest BCUT2D eigenvalue weighted by molar-refractivity contribution is -0.145. The third kappa shape index (κ3) is 7.30. The Morgan fingerprint density at radius 3 is 2.00 bits per heavy atom. The summed E-state index contributed by atoms with van der Waals surface area (Å²) in [6.45, 7) is 3.95. The van der Waals surface area contributed by atoms with Crippen LogP contribution in [0.15, 0.2) is 72.4 Å². The Kier molecular flexibility index (Phi) is 10.5. The number of rotatable bonds is 12. The highest BCUT2D eigenvalue weighted by molar-refractivity contribution is 5.94. The van der Waals surface area contributed by atoms with Gasteiger partial charge in [-0.25, -0.2) is 0 Å². The van der Waals surface area contributed by atoms with E-state index in [2.05, 4.69) is 5.32 Å². The minimum atomic E-state index is -0.738. The molecule has 0 fully saturated rings. The van der Waals surface area contributed by atoms with Crippen molar-refractivity contribution in [2.24, 2.45) is 5.92 Å². The molecule has 2 rings (SSSR count). The third-order valence-electron chi connectivity index (χ3n) is 6.39. The second-order valence-corrected chi connectivity index (χ2v) is 8.70. The van der Waals surface area contributed by atoms with Crippen molar-refractivity contribution in [3.05, 3.63) is 83.6 Å². The molecule has 0 aliphatic carbocycles. The lowest BCUT2D eigenvalue weighted by Gasteiger charge is -2.34. The van der Waals surface area contributed by atoms with E-state index in [4.69, 9.17) is 0 Å². The zero-order valence-electron chi connectivity index (χ0n) is 20.9. The van der Waals surface area contributed by atoms with E-state index in [1.165, 1.54) is 9.80 Å². The summed E-state index contributed by atoms with van der Waals surface area (Å²) < 4.78 is 0. The molecule has 0 saturated carbocycles. The maximum atomic E-state index is 13.6. The van der Waals surface area contributed by atoms with Crippen molar-refractivity contribution in [2.75, 3.05) is 21.1 Å². The fraction of sp³-hybridized carbons (Fsp3) is 0.393. The summed E-state index contributed by atoms with van der Waals surface area (Å²) in [6.07, 6.45) is 4.08. The Morgan fingerprint density at radius 1 is 0.941 bits per heavy atom. The Hall–Kier alpha value is -3.41. The van der Waals surface area contributed by atoms with Gasteiger partial charge in [0.1, 0.15) is 12.3 Å². The summed E-state index contributed by atoms with van der Waals surface area (Å²) in [4.78, 5) is 41.6. The topological polar surface area (TPSA) is 69.7 Å². The summed E-state index contributed by atoms with van der Waals surface area (Å²) >= 11 is 0. The highest BCUT2D eigenvalue weighted by Gasteiger charge is 2.33. The van der Waals surface area contributed by atoms with E-state index in [9.17, 15) is 14.4 Å². The van der Waals surface area contributed by atoms with Gasteiger partial charge in [-0.3, -0.25) is 9.59 Å². The molecule has 34 heavy (non-hydrogen) atoms. The number of carbonyl (C=O) groups excluding carboxylic acids is 3. The van der Waals surface area contributed by atoms with E-state index < -0.39 is 12.1 Å². The molecule has 3 atom stereocenters. The highest BCUT2D eigenvalue weighted by atomic mass is 16.2. The number of nitrogens with one attached hydrogen (secondary N) is 1. The van der Waals surface area contributed by atoms with Crippen molar-refractivity contribution >= 4 is 18.1 Å². The van der Waals surface area contributed by atoms with Crippen molar-refractivity contribution < 1.29 is 14.4 Å². The van der Waals surface area contributed by atoms with Crippen LogP contribution in [0.1, 0.15) is 31.4 Å². The molecule has 0 heterocycles. The molecule has 1 N–H and O–H groups in total. The minimum absolute atomic E-state index is 0.0199. The van der Waals surface area contributed by atoms with Gasteiger partial charge in [0.2, 0.25) is 11.8 Å². The molecule has 6 nitrogen and oxygen atoms in total. The van der Waals surface area contributed by atoms with Crippen LogP contribution in [0, 0.1) is 5.92 Å². The Morgan fingerprint density at radius 2 is 1.50 bits per heavy atom. The van der Waals surface area contributed by atoms with E-state index in [0.717, 1.165) is 29.5 Å². The second-order valence-electron chi connectivity index (χ2n) is 8.70. The molecule has 0 radical (unpaired) electrons. The quantitative estimate of drug-likeness (QED) is 0.387. The lowest BCUT2D eigenvalue weighted by atomic mass is 9.97. The average Bonchev–Trinajstić information content (AvgIpc) is 2.87. The van der Waals surface area contributed by atoms with E-state index in [1.54, 1.807) is 27.2 Å². The second kappa shape index (κ2) is 13.3. The van der Waals surface area contributed by atoms with Gasteiger partial charge in [-0.2, -0.15) is 0 Å². The number of carbonyl (C=O) groups is 3. The van der Waals surface area contributed by atoms with Gasteiger partial charge in [-0.05, 0) is 17.0 Å². The predicted octanol–water partition coefficient (Wildman–Crippen LogP) is 3.47. The molecular formula is C28H37N3O3. The molecule has 2 amide bonds. The van der Waals surface area contributed by atoms with Crippen LogP contribution < -0.4 is 5.32 Å². The fourth-order valence-corrected chi connectivity index (χ4v) is 3.89. The molecular weight excluding hydrogens is 426 g/mol. The van der Waals surface area contributed by atoms with E-state index in [-0.39, 0.29) is 17.7 Å². The largest absolute Gasteiger partial charge is 0.391 e. The molecule has 0 aromatic heterocycles. The van der Waals surface area contributed by atoms with Gasteiger partial charge < -0.3 is 19.9 Å². The number of nitrogens with zero attached hydrogens (tertiary/aromatic N) is 2. The van der Waals surface area contributed by atoms with E-state index in [1.807, 2.05) is 74.5 Å². The molecule has 0 spiro atoms. The molecule has 0 aliphatic heterocycles. The summed E-state index contributed by atoms with van der Waals surface area (Å²) in [5.41, 5.74) is 2.78. The number of hydrogen-bond donors (Lipinski definition) is 1. The van der Waals surface area contributed by atoms with Crippen molar-refractivity contribution in [2.45, 2.75) is 45.2 Å². The smallest absolute Gasteiger partial charge is 0.248 e. The van der Waals surface area contributed by atoms with Crippen LogP contribution in [0.25, 0.3) is 0 Å². The first-order valence-corrected chi connectivity index (χ1v) is 11.8. The normalized spacial score (nSPS) is 14.0. The van der Waals surface area contributed by atoms with Crippen molar-refractivity contribution in [3.63, 3.8) is 0 Å². The molecule has 182 valence electrons. The highest BCUT2D eigenvalue weighted by Crippen LogP contribution is 2.17. The molecule has 0 aliphatic rings. The van der Waals surface area contributed by atoms with Crippen LogP contribution in [0.2, 0.25) is 0 Å². The first kappa shape index (κ1) is 26.8. The maximum Gasteiger partial charge on any atom is 0.248 e. The number of amides is 2. The third-order valence-corrected chi connectivity index (χ3v) is 6.39. The molecule has 2 aromatic carbocycles. The molecule has 6 heteroatoms. The average molecular weight is 464 g/mol. The van der Waals surface area contributed by atoms with Gasteiger partial charge in [0.15, 0.2) is 0 Å². The number of likely N-dealkylation sites (N-methyl/N-ethyl adjacent to an activating group) is 3. The molecule has 2 aromatic rings. The van der Waals surface area contributed by atoms with Crippen LogP contribution in [0.3, 0.4) is 0 Å². The maximum absolute atomic E-state index is 13.6. The summed E-state index contributed by atoms with van der Waals surface area (Å²) in [5, 5.41) is 3.10. The van der Waals surface area contributed by atoms with Crippen LogP contribution in [-0.4, -0.2) is 61.1 Å². The monoisotopic (exact) mass is 463 g/mol. The van der Waals surface area contributed by atoms with Crippen molar-refractivity contribution in [1.29, 1.82) is 0 Å². The molecule has 0 bridgehead atoms. The Balaban J connectivity index is 2.32. The number of allylic oxidation sites excluding steroid dienone is 1.